The van der Waals surface area contributed by atoms with Crippen molar-refractivity contribution in [3.8, 4) is 0 Å². The van der Waals surface area contributed by atoms with Crippen molar-refractivity contribution in [2.45, 2.75) is 13.8 Å². The van der Waals surface area contributed by atoms with Gasteiger partial charge in [0, 0.05) is 12.3 Å². The Balaban J connectivity index is 0.000001000. The topological polar surface area (TPSA) is 42.0 Å². The van der Waals surface area contributed by atoms with Gasteiger partial charge < -0.3 is 5.32 Å². The quantitative estimate of drug-likeness (QED) is 0.738. The highest BCUT2D eigenvalue weighted by atomic mass is 35.5. The smallest absolute Gasteiger partial charge is 0.223 e. The van der Waals surface area contributed by atoms with Crippen molar-refractivity contribution in [1.82, 2.24) is 4.98 Å². The Hall–Kier alpha value is -0.610. The molecule has 0 aliphatic rings. The summed E-state index contributed by atoms with van der Waals surface area (Å²) >= 11 is 1.43. The number of hydrogen-bond donors (Lipinski definition) is 1. The van der Waals surface area contributed by atoms with Crippen LogP contribution in [0.5, 0.6) is 0 Å². The van der Waals surface area contributed by atoms with E-state index in [0.29, 0.717) is 5.13 Å². The number of thiazole rings is 1. The van der Waals surface area contributed by atoms with Crippen molar-refractivity contribution in [3.05, 3.63) is 11.1 Å². The maximum absolute atomic E-state index is 10.5. The molecule has 1 aromatic heterocycles. The predicted molar refractivity (Wildman–Crippen MR) is 48.4 cm³/mol. The largest absolute Gasteiger partial charge is 0.302 e. The van der Waals surface area contributed by atoms with E-state index in [1.165, 1.54) is 18.3 Å². The summed E-state index contributed by atoms with van der Waals surface area (Å²) in [5.74, 6) is -0.0747. The lowest BCUT2D eigenvalue weighted by Crippen LogP contribution is -2.04. The normalized spacial score (nSPS) is 8.55. The second-order valence-electron chi connectivity index (χ2n) is 1.98. The van der Waals surface area contributed by atoms with Gasteiger partial charge in [-0.2, -0.15) is 0 Å². The molecule has 0 bridgehead atoms. The summed E-state index contributed by atoms with van der Waals surface area (Å²) in [5, 5.41) is 5.16. The minimum absolute atomic E-state index is 0. The number of carbonyl (C=O) groups excluding carboxylic acids is 1. The van der Waals surface area contributed by atoms with Crippen molar-refractivity contribution in [2.75, 3.05) is 5.32 Å². The second-order valence-corrected chi connectivity index (χ2v) is 2.83. The van der Waals surface area contributed by atoms with Gasteiger partial charge in [0.1, 0.15) is 0 Å². The zero-order valence-corrected chi connectivity index (χ0v) is 7.88. The van der Waals surface area contributed by atoms with Crippen LogP contribution in [0.3, 0.4) is 0 Å². The van der Waals surface area contributed by atoms with Gasteiger partial charge in [0.25, 0.3) is 0 Å². The third kappa shape index (κ3) is 3.34. The van der Waals surface area contributed by atoms with Gasteiger partial charge in [0.05, 0.1) is 5.69 Å². The molecule has 1 amide bonds. The van der Waals surface area contributed by atoms with Crippen molar-refractivity contribution in [1.29, 1.82) is 0 Å². The van der Waals surface area contributed by atoms with Crippen LogP contribution in [0.1, 0.15) is 12.6 Å². The number of amides is 1. The Morgan fingerprint density at radius 3 is 2.73 bits per heavy atom. The van der Waals surface area contributed by atoms with E-state index in [1.807, 2.05) is 12.3 Å². The highest BCUT2D eigenvalue weighted by Crippen LogP contribution is 2.13. The second kappa shape index (κ2) is 4.31. The molecule has 0 aromatic carbocycles. The lowest BCUT2D eigenvalue weighted by atomic mass is 10.6. The monoisotopic (exact) mass is 192 g/mol. The Labute approximate surface area is 75.3 Å². The first-order chi connectivity index (χ1) is 4.68. The summed E-state index contributed by atoms with van der Waals surface area (Å²) in [5.41, 5.74) is 0.939. The molecule has 0 atom stereocenters. The Kier molecular flexibility index (Phi) is 4.07. The van der Waals surface area contributed by atoms with Gasteiger partial charge in [0.15, 0.2) is 5.13 Å². The van der Waals surface area contributed by atoms with E-state index >= 15 is 0 Å². The van der Waals surface area contributed by atoms with E-state index in [-0.39, 0.29) is 18.3 Å². The summed E-state index contributed by atoms with van der Waals surface area (Å²) < 4.78 is 0. The van der Waals surface area contributed by atoms with E-state index in [0.717, 1.165) is 5.69 Å². The number of nitrogens with one attached hydrogen (secondary N) is 1. The Morgan fingerprint density at radius 1 is 1.73 bits per heavy atom. The van der Waals surface area contributed by atoms with Gasteiger partial charge in [-0.3, -0.25) is 4.79 Å². The van der Waals surface area contributed by atoms with Crippen LogP contribution >= 0.6 is 23.7 Å². The molecule has 5 heteroatoms. The molecule has 11 heavy (non-hydrogen) atoms. The molecule has 1 N–H and O–H groups in total. The van der Waals surface area contributed by atoms with Crippen molar-refractivity contribution in [2.24, 2.45) is 0 Å². The first kappa shape index (κ1) is 10.4. The molecular weight excluding hydrogens is 184 g/mol. The van der Waals surface area contributed by atoms with Crippen LogP contribution in [0.15, 0.2) is 5.38 Å². The molecule has 0 aliphatic heterocycles. The molecular formula is C6H9ClN2OS. The Bertz CT molecular complexity index is 248. The highest BCUT2D eigenvalue weighted by Gasteiger charge is 1.97. The average molecular weight is 193 g/mol. The molecule has 0 unspecified atom stereocenters. The third-order valence-electron chi connectivity index (χ3n) is 0.902. The number of carbonyl (C=O) groups is 1. The standard InChI is InChI=1S/C6H8N2OS.ClH/c1-4-3-10-6(7-4)8-5(2)9;/h3H,1-2H3,(H,7,8,9);1H. The minimum Gasteiger partial charge on any atom is -0.302 e. The molecule has 1 rings (SSSR count). The fraction of sp³-hybridized carbons (Fsp3) is 0.333. The maximum Gasteiger partial charge on any atom is 0.223 e. The molecule has 0 saturated carbocycles. The predicted octanol–water partition coefficient (Wildman–Crippen LogP) is 1.83. The summed E-state index contributed by atoms with van der Waals surface area (Å²) in [6, 6.07) is 0. The van der Waals surface area contributed by atoms with Crippen LogP contribution in [0.2, 0.25) is 0 Å². The number of aromatic nitrogens is 1. The fourth-order valence-electron chi connectivity index (χ4n) is 0.562. The van der Waals surface area contributed by atoms with Crippen molar-refractivity contribution < 1.29 is 4.79 Å². The molecule has 62 valence electrons. The van der Waals surface area contributed by atoms with Crippen LogP contribution in [-0.2, 0) is 4.79 Å². The number of anilines is 1. The number of hydrogen-bond acceptors (Lipinski definition) is 3. The van der Waals surface area contributed by atoms with E-state index in [2.05, 4.69) is 10.3 Å². The molecule has 0 saturated heterocycles. The summed E-state index contributed by atoms with van der Waals surface area (Å²) in [6.07, 6.45) is 0. The molecule has 3 nitrogen and oxygen atoms in total. The molecule has 0 fully saturated rings. The zero-order valence-electron chi connectivity index (χ0n) is 6.25. The van der Waals surface area contributed by atoms with E-state index in [4.69, 9.17) is 0 Å². The van der Waals surface area contributed by atoms with Crippen LogP contribution in [0, 0.1) is 6.92 Å². The number of nitrogens with zero attached hydrogens (tertiary/aromatic N) is 1. The summed E-state index contributed by atoms with van der Waals surface area (Å²) in [7, 11) is 0. The number of halogens is 1. The van der Waals surface area contributed by atoms with Gasteiger partial charge in [-0.1, -0.05) is 0 Å². The lowest BCUT2D eigenvalue weighted by molar-refractivity contribution is -0.114. The molecule has 0 radical (unpaired) electrons. The Morgan fingerprint density at radius 2 is 2.36 bits per heavy atom. The fourth-order valence-corrected chi connectivity index (χ4v) is 1.30. The number of rotatable bonds is 1. The van der Waals surface area contributed by atoms with Gasteiger partial charge in [-0.25, -0.2) is 4.98 Å². The highest BCUT2D eigenvalue weighted by molar-refractivity contribution is 7.13. The molecule has 0 aliphatic carbocycles. The third-order valence-corrected chi connectivity index (χ3v) is 1.78. The first-order valence-corrected chi connectivity index (χ1v) is 3.76. The minimum atomic E-state index is -0.0747. The molecule has 0 spiro atoms. The van der Waals surface area contributed by atoms with Gasteiger partial charge in [0.2, 0.25) is 5.91 Å². The van der Waals surface area contributed by atoms with Crippen molar-refractivity contribution >= 4 is 34.8 Å². The lowest BCUT2D eigenvalue weighted by Gasteiger charge is -1.91. The number of aryl methyl sites for hydroxylation is 1. The summed E-state index contributed by atoms with van der Waals surface area (Å²) in [6.45, 7) is 3.36. The zero-order chi connectivity index (χ0) is 7.56. The SMILES string of the molecule is CC(=O)Nc1nc(C)cs1.Cl. The van der Waals surface area contributed by atoms with E-state index < -0.39 is 0 Å². The van der Waals surface area contributed by atoms with Gasteiger partial charge >= 0.3 is 0 Å². The van der Waals surface area contributed by atoms with Gasteiger partial charge in [-0.15, -0.1) is 23.7 Å². The van der Waals surface area contributed by atoms with E-state index in [1.54, 1.807) is 0 Å². The molecule has 1 aromatic rings. The summed E-state index contributed by atoms with van der Waals surface area (Å²) in [4.78, 5) is 14.5. The maximum atomic E-state index is 10.5. The van der Waals surface area contributed by atoms with E-state index in [9.17, 15) is 4.79 Å². The van der Waals surface area contributed by atoms with Crippen LogP contribution in [0.4, 0.5) is 5.13 Å². The average Bonchev–Trinajstić information content (AvgIpc) is 2.13. The van der Waals surface area contributed by atoms with Crippen LogP contribution in [-0.4, -0.2) is 10.9 Å². The van der Waals surface area contributed by atoms with Gasteiger partial charge in [-0.05, 0) is 6.92 Å². The molecule has 1 heterocycles. The van der Waals surface area contributed by atoms with Crippen LogP contribution < -0.4 is 5.32 Å². The van der Waals surface area contributed by atoms with Crippen LogP contribution in [0.25, 0.3) is 0 Å². The first-order valence-electron chi connectivity index (χ1n) is 2.88. The van der Waals surface area contributed by atoms with Crippen molar-refractivity contribution in [3.63, 3.8) is 0 Å².